The number of nitrogens with zero attached hydrogens (tertiary/aromatic N) is 1. The SMILES string of the molecule is CCC1(C)CN(C)Cc2cc(N)ccc21. The Morgan fingerprint density at radius 2 is 2.20 bits per heavy atom. The Balaban J connectivity index is 2.51. The molecule has 0 amide bonds. The molecule has 2 rings (SSSR count). The first-order valence-electron chi connectivity index (χ1n) is 5.62. The standard InChI is InChI=1S/C13H20N2/c1-4-13(2)9-15(3)8-10-7-11(14)5-6-12(10)13/h5-7H,4,8-9,14H2,1-3H3. The third kappa shape index (κ3) is 1.74. The highest BCUT2D eigenvalue weighted by Crippen LogP contribution is 2.36. The molecule has 2 N–H and O–H groups in total. The Morgan fingerprint density at radius 1 is 1.47 bits per heavy atom. The molecule has 0 spiro atoms. The molecule has 0 radical (unpaired) electrons. The summed E-state index contributed by atoms with van der Waals surface area (Å²) in [7, 11) is 2.18. The third-order valence-electron chi connectivity index (χ3n) is 3.62. The minimum atomic E-state index is 0.288. The molecular formula is C13H20N2. The molecule has 2 nitrogen and oxygen atoms in total. The van der Waals surface area contributed by atoms with Crippen LogP contribution in [0.5, 0.6) is 0 Å². The van der Waals surface area contributed by atoms with Crippen molar-refractivity contribution in [2.45, 2.75) is 32.2 Å². The first-order chi connectivity index (χ1) is 7.05. The third-order valence-corrected chi connectivity index (χ3v) is 3.62. The lowest BCUT2D eigenvalue weighted by atomic mass is 9.75. The van der Waals surface area contributed by atoms with Gasteiger partial charge in [-0.2, -0.15) is 0 Å². The van der Waals surface area contributed by atoms with E-state index in [0.29, 0.717) is 0 Å². The van der Waals surface area contributed by atoms with Gasteiger partial charge in [0.1, 0.15) is 0 Å². The normalized spacial score (nSPS) is 26.3. The fraction of sp³-hybridized carbons (Fsp3) is 0.538. The number of nitrogen functional groups attached to an aromatic ring is 1. The van der Waals surface area contributed by atoms with E-state index in [1.54, 1.807) is 0 Å². The molecule has 82 valence electrons. The van der Waals surface area contributed by atoms with E-state index in [4.69, 9.17) is 5.73 Å². The van der Waals surface area contributed by atoms with Crippen molar-refractivity contribution in [2.24, 2.45) is 0 Å². The lowest BCUT2D eigenvalue weighted by molar-refractivity contribution is 0.218. The largest absolute Gasteiger partial charge is 0.399 e. The topological polar surface area (TPSA) is 29.3 Å². The van der Waals surface area contributed by atoms with Crippen LogP contribution in [0.3, 0.4) is 0 Å². The number of hydrogen-bond donors (Lipinski definition) is 1. The summed E-state index contributed by atoms with van der Waals surface area (Å²) < 4.78 is 0. The molecule has 2 heteroatoms. The molecule has 0 fully saturated rings. The van der Waals surface area contributed by atoms with E-state index in [-0.39, 0.29) is 5.41 Å². The second-order valence-corrected chi connectivity index (χ2v) is 5.00. The van der Waals surface area contributed by atoms with Gasteiger partial charge in [0.05, 0.1) is 0 Å². The van der Waals surface area contributed by atoms with Crippen LogP contribution in [0, 0.1) is 0 Å². The minimum absolute atomic E-state index is 0.288. The van der Waals surface area contributed by atoms with E-state index in [1.165, 1.54) is 17.5 Å². The summed E-state index contributed by atoms with van der Waals surface area (Å²) in [5, 5.41) is 0. The molecule has 1 aromatic carbocycles. The van der Waals surface area contributed by atoms with E-state index in [9.17, 15) is 0 Å². The number of anilines is 1. The van der Waals surface area contributed by atoms with Crippen LogP contribution >= 0.6 is 0 Å². The quantitative estimate of drug-likeness (QED) is 0.712. The van der Waals surface area contributed by atoms with Gasteiger partial charge in [0.25, 0.3) is 0 Å². The van der Waals surface area contributed by atoms with Crippen LogP contribution < -0.4 is 5.73 Å². The van der Waals surface area contributed by atoms with E-state index < -0.39 is 0 Å². The lowest BCUT2D eigenvalue weighted by Crippen LogP contribution is -2.41. The smallest absolute Gasteiger partial charge is 0.0317 e. The van der Waals surface area contributed by atoms with Crippen molar-refractivity contribution in [1.82, 2.24) is 4.90 Å². The second kappa shape index (κ2) is 3.53. The zero-order chi connectivity index (χ0) is 11.1. The Bertz CT molecular complexity index is 373. The lowest BCUT2D eigenvalue weighted by Gasteiger charge is -2.40. The zero-order valence-electron chi connectivity index (χ0n) is 9.88. The Labute approximate surface area is 92.1 Å². The summed E-state index contributed by atoms with van der Waals surface area (Å²) in [6, 6.07) is 6.36. The Morgan fingerprint density at radius 3 is 2.87 bits per heavy atom. The predicted molar refractivity (Wildman–Crippen MR) is 64.8 cm³/mol. The first-order valence-corrected chi connectivity index (χ1v) is 5.62. The van der Waals surface area contributed by atoms with Gasteiger partial charge in [-0.25, -0.2) is 0 Å². The maximum absolute atomic E-state index is 5.84. The maximum atomic E-state index is 5.84. The van der Waals surface area contributed by atoms with E-state index in [2.05, 4.69) is 37.9 Å². The van der Waals surface area contributed by atoms with Gasteiger partial charge in [-0.15, -0.1) is 0 Å². The number of benzene rings is 1. The van der Waals surface area contributed by atoms with Crippen molar-refractivity contribution in [3.8, 4) is 0 Å². The van der Waals surface area contributed by atoms with Crippen LogP contribution in [0.15, 0.2) is 18.2 Å². The molecule has 0 bridgehead atoms. The number of fused-ring (bicyclic) bond motifs is 1. The van der Waals surface area contributed by atoms with E-state index in [0.717, 1.165) is 18.8 Å². The predicted octanol–water partition coefficient (Wildman–Crippen LogP) is 2.38. The molecule has 0 saturated carbocycles. The fourth-order valence-electron chi connectivity index (χ4n) is 2.66. The van der Waals surface area contributed by atoms with Gasteiger partial charge >= 0.3 is 0 Å². The zero-order valence-corrected chi connectivity index (χ0v) is 9.88. The van der Waals surface area contributed by atoms with E-state index in [1.807, 2.05) is 6.07 Å². The number of likely N-dealkylation sites (N-methyl/N-ethyl adjacent to an activating group) is 1. The number of hydrogen-bond acceptors (Lipinski definition) is 2. The van der Waals surface area contributed by atoms with Crippen molar-refractivity contribution in [1.29, 1.82) is 0 Å². The highest BCUT2D eigenvalue weighted by molar-refractivity contribution is 5.48. The van der Waals surface area contributed by atoms with Gasteiger partial charge in [-0.3, -0.25) is 0 Å². The first kappa shape index (κ1) is 10.5. The average Bonchev–Trinajstić information content (AvgIpc) is 2.16. The van der Waals surface area contributed by atoms with Crippen molar-refractivity contribution < 1.29 is 0 Å². The number of rotatable bonds is 1. The van der Waals surface area contributed by atoms with Crippen LogP contribution in [0.25, 0.3) is 0 Å². The molecule has 0 aliphatic carbocycles. The van der Waals surface area contributed by atoms with Gasteiger partial charge in [0.2, 0.25) is 0 Å². The van der Waals surface area contributed by atoms with Gasteiger partial charge < -0.3 is 10.6 Å². The molecule has 0 aromatic heterocycles. The summed E-state index contributed by atoms with van der Waals surface area (Å²) >= 11 is 0. The molecule has 1 heterocycles. The van der Waals surface area contributed by atoms with Crippen LogP contribution in [0.2, 0.25) is 0 Å². The molecule has 1 unspecified atom stereocenters. The highest BCUT2D eigenvalue weighted by atomic mass is 15.1. The molecular weight excluding hydrogens is 184 g/mol. The summed E-state index contributed by atoms with van der Waals surface area (Å²) in [5.41, 5.74) is 9.88. The maximum Gasteiger partial charge on any atom is 0.0317 e. The molecule has 15 heavy (non-hydrogen) atoms. The summed E-state index contributed by atoms with van der Waals surface area (Å²) in [5.74, 6) is 0. The molecule has 1 aliphatic rings. The summed E-state index contributed by atoms with van der Waals surface area (Å²) in [6.45, 7) is 6.77. The van der Waals surface area contributed by atoms with Gasteiger partial charge in [0, 0.05) is 24.2 Å². The number of nitrogens with two attached hydrogens (primary N) is 1. The minimum Gasteiger partial charge on any atom is -0.399 e. The molecule has 1 aliphatic heterocycles. The van der Waals surface area contributed by atoms with Gasteiger partial charge in [0.15, 0.2) is 0 Å². The van der Waals surface area contributed by atoms with Gasteiger partial charge in [-0.05, 0) is 36.7 Å². The van der Waals surface area contributed by atoms with Crippen molar-refractivity contribution in [3.63, 3.8) is 0 Å². The van der Waals surface area contributed by atoms with Crippen molar-refractivity contribution in [3.05, 3.63) is 29.3 Å². The van der Waals surface area contributed by atoms with Crippen molar-refractivity contribution >= 4 is 5.69 Å². The Kier molecular flexibility index (Phi) is 2.47. The molecule has 1 atom stereocenters. The van der Waals surface area contributed by atoms with Crippen LogP contribution in [-0.2, 0) is 12.0 Å². The monoisotopic (exact) mass is 204 g/mol. The van der Waals surface area contributed by atoms with Crippen LogP contribution in [0.4, 0.5) is 5.69 Å². The van der Waals surface area contributed by atoms with Crippen LogP contribution in [0.1, 0.15) is 31.4 Å². The summed E-state index contributed by atoms with van der Waals surface area (Å²) in [6.07, 6.45) is 1.17. The fourth-order valence-corrected chi connectivity index (χ4v) is 2.66. The highest BCUT2D eigenvalue weighted by Gasteiger charge is 2.32. The van der Waals surface area contributed by atoms with Gasteiger partial charge in [-0.1, -0.05) is 19.9 Å². The average molecular weight is 204 g/mol. The van der Waals surface area contributed by atoms with E-state index >= 15 is 0 Å². The van der Waals surface area contributed by atoms with Crippen LogP contribution in [-0.4, -0.2) is 18.5 Å². The molecule has 1 aromatic rings. The Hall–Kier alpha value is -1.02. The van der Waals surface area contributed by atoms with Crippen molar-refractivity contribution in [2.75, 3.05) is 19.3 Å². The second-order valence-electron chi connectivity index (χ2n) is 5.00. The molecule has 0 saturated heterocycles. The summed E-state index contributed by atoms with van der Waals surface area (Å²) in [4.78, 5) is 2.38.